The second kappa shape index (κ2) is 5.13. The molecule has 1 fully saturated rings. The maximum atomic E-state index is 14.4. The SMILES string of the molecule is CCn1c(=O)n(N)c(=O)c2cc(F)c(N3CC[C@H](N)C3)cc21. The van der Waals surface area contributed by atoms with Gasteiger partial charge < -0.3 is 16.5 Å². The number of anilines is 1. The van der Waals surface area contributed by atoms with Crippen molar-refractivity contribution in [2.45, 2.75) is 25.9 Å². The lowest BCUT2D eigenvalue weighted by Crippen LogP contribution is -2.44. The van der Waals surface area contributed by atoms with Gasteiger partial charge in [-0.1, -0.05) is 0 Å². The molecule has 22 heavy (non-hydrogen) atoms. The van der Waals surface area contributed by atoms with Gasteiger partial charge in [-0.15, -0.1) is 0 Å². The van der Waals surface area contributed by atoms with E-state index in [0.717, 1.165) is 12.5 Å². The fraction of sp³-hybridized carbons (Fsp3) is 0.429. The lowest BCUT2D eigenvalue weighted by molar-refractivity contribution is 0.621. The normalized spacial score (nSPS) is 18.3. The van der Waals surface area contributed by atoms with Crippen molar-refractivity contribution in [2.24, 2.45) is 5.73 Å². The zero-order valence-electron chi connectivity index (χ0n) is 12.3. The molecule has 118 valence electrons. The van der Waals surface area contributed by atoms with Gasteiger partial charge in [-0.25, -0.2) is 9.18 Å². The summed E-state index contributed by atoms with van der Waals surface area (Å²) in [5.74, 6) is 4.96. The molecule has 0 radical (unpaired) electrons. The summed E-state index contributed by atoms with van der Waals surface area (Å²) < 4.78 is 16.3. The van der Waals surface area contributed by atoms with Crippen LogP contribution in [0.3, 0.4) is 0 Å². The van der Waals surface area contributed by atoms with Crippen molar-refractivity contribution >= 4 is 16.6 Å². The second-order valence-electron chi connectivity index (χ2n) is 5.52. The van der Waals surface area contributed by atoms with Crippen molar-refractivity contribution in [3.8, 4) is 0 Å². The molecule has 0 amide bonds. The quantitative estimate of drug-likeness (QED) is 0.734. The Bertz CT molecular complexity index is 857. The van der Waals surface area contributed by atoms with Crippen LogP contribution in [0.5, 0.6) is 0 Å². The number of hydrogen-bond donors (Lipinski definition) is 2. The van der Waals surface area contributed by atoms with Crippen LogP contribution in [0.25, 0.3) is 10.9 Å². The van der Waals surface area contributed by atoms with Gasteiger partial charge in [0.1, 0.15) is 5.82 Å². The standard InChI is InChI=1S/C14H18FN5O2/c1-2-19-11-6-12(18-4-3-8(16)7-18)10(15)5-9(11)13(21)20(17)14(19)22/h5-6,8H,2-4,7,16-17H2,1H3/t8-/m0/s1. The summed E-state index contributed by atoms with van der Waals surface area (Å²) in [6, 6.07) is 2.68. The third-order valence-corrected chi connectivity index (χ3v) is 4.12. The van der Waals surface area contributed by atoms with Crippen molar-refractivity contribution in [3.05, 3.63) is 38.8 Å². The van der Waals surface area contributed by atoms with Gasteiger partial charge in [-0.05, 0) is 25.5 Å². The fourth-order valence-electron chi connectivity index (χ4n) is 2.95. The van der Waals surface area contributed by atoms with Crippen LogP contribution in [0, 0.1) is 5.82 Å². The lowest BCUT2D eigenvalue weighted by Gasteiger charge is -2.20. The number of nitrogen functional groups attached to an aromatic ring is 1. The van der Waals surface area contributed by atoms with Crippen LogP contribution in [-0.2, 0) is 6.54 Å². The Morgan fingerprint density at radius 3 is 2.68 bits per heavy atom. The summed E-state index contributed by atoms with van der Waals surface area (Å²) in [5, 5.41) is 0.0914. The molecule has 0 saturated carbocycles. The number of aromatic nitrogens is 2. The molecule has 1 aromatic carbocycles. The van der Waals surface area contributed by atoms with E-state index >= 15 is 0 Å². The highest BCUT2D eigenvalue weighted by atomic mass is 19.1. The Balaban J connectivity index is 2.31. The van der Waals surface area contributed by atoms with E-state index in [2.05, 4.69) is 0 Å². The van der Waals surface area contributed by atoms with Crippen molar-refractivity contribution in [2.75, 3.05) is 23.8 Å². The van der Waals surface area contributed by atoms with Gasteiger partial charge in [-0.2, -0.15) is 4.68 Å². The average molecular weight is 307 g/mol. The lowest BCUT2D eigenvalue weighted by atomic mass is 10.2. The number of halogens is 1. The predicted octanol–water partition coefficient (Wildman–Crippen LogP) is -0.427. The summed E-state index contributed by atoms with van der Waals surface area (Å²) in [5.41, 5.74) is 5.29. The number of aryl methyl sites for hydroxylation is 1. The highest BCUT2D eigenvalue weighted by Gasteiger charge is 2.23. The zero-order valence-corrected chi connectivity index (χ0v) is 12.3. The Labute approximate surface area is 125 Å². The first kappa shape index (κ1) is 14.6. The molecule has 1 aliphatic heterocycles. The van der Waals surface area contributed by atoms with Crippen LogP contribution in [0.4, 0.5) is 10.1 Å². The minimum Gasteiger partial charge on any atom is -0.367 e. The van der Waals surface area contributed by atoms with E-state index < -0.39 is 17.1 Å². The van der Waals surface area contributed by atoms with Gasteiger partial charge in [0.2, 0.25) is 0 Å². The van der Waals surface area contributed by atoms with Gasteiger partial charge in [0.15, 0.2) is 0 Å². The number of hydrogen-bond acceptors (Lipinski definition) is 5. The van der Waals surface area contributed by atoms with E-state index in [9.17, 15) is 14.0 Å². The Morgan fingerprint density at radius 1 is 1.36 bits per heavy atom. The van der Waals surface area contributed by atoms with Gasteiger partial charge in [0, 0.05) is 25.7 Å². The fourth-order valence-corrected chi connectivity index (χ4v) is 2.95. The van der Waals surface area contributed by atoms with Crippen LogP contribution in [-0.4, -0.2) is 28.4 Å². The summed E-state index contributed by atoms with van der Waals surface area (Å²) in [7, 11) is 0. The van der Waals surface area contributed by atoms with E-state index in [1.807, 2.05) is 4.90 Å². The number of fused-ring (bicyclic) bond motifs is 1. The van der Waals surface area contributed by atoms with E-state index in [1.165, 1.54) is 10.6 Å². The summed E-state index contributed by atoms with van der Waals surface area (Å²) in [6.07, 6.45) is 0.780. The van der Waals surface area contributed by atoms with Gasteiger partial charge in [0.05, 0.1) is 16.6 Å². The maximum absolute atomic E-state index is 14.4. The molecule has 0 aliphatic carbocycles. The first-order valence-electron chi connectivity index (χ1n) is 7.18. The zero-order chi connectivity index (χ0) is 16.0. The molecule has 1 saturated heterocycles. The third-order valence-electron chi connectivity index (χ3n) is 4.12. The molecule has 2 aromatic rings. The molecular formula is C14H18FN5O2. The number of benzene rings is 1. The minimum atomic E-state index is -0.701. The van der Waals surface area contributed by atoms with Gasteiger partial charge in [-0.3, -0.25) is 9.36 Å². The van der Waals surface area contributed by atoms with Gasteiger partial charge in [0.25, 0.3) is 5.56 Å². The van der Waals surface area contributed by atoms with Crippen LogP contribution >= 0.6 is 0 Å². The molecule has 1 aliphatic rings. The smallest absolute Gasteiger partial charge is 0.350 e. The Kier molecular flexibility index (Phi) is 3.40. The predicted molar refractivity (Wildman–Crippen MR) is 83.1 cm³/mol. The van der Waals surface area contributed by atoms with Crippen LogP contribution in [0.15, 0.2) is 21.7 Å². The Morgan fingerprint density at radius 2 is 2.09 bits per heavy atom. The van der Waals surface area contributed by atoms with E-state index in [0.29, 0.717) is 35.5 Å². The number of rotatable bonds is 2. The third kappa shape index (κ3) is 2.07. The molecule has 1 atom stereocenters. The first-order valence-corrected chi connectivity index (χ1v) is 7.18. The number of nitrogens with zero attached hydrogens (tertiary/aromatic N) is 3. The average Bonchev–Trinajstić information content (AvgIpc) is 2.92. The van der Waals surface area contributed by atoms with E-state index in [1.54, 1.807) is 6.92 Å². The van der Waals surface area contributed by atoms with Crippen LogP contribution in [0.2, 0.25) is 0 Å². The van der Waals surface area contributed by atoms with Gasteiger partial charge >= 0.3 is 5.69 Å². The van der Waals surface area contributed by atoms with Crippen LogP contribution in [0.1, 0.15) is 13.3 Å². The van der Waals surface area contributed by atoms with Crippen LogP contribution < -0.4 is 27.7 Å². The van der Waals surface area contributed by atoms with Crippen molar-refractivity contribution in [1.29, 1.82) is 0 Å². The first-order chi connectivity index (χ1) is 10.4. The van der Waals surface area contributed by atoms with Crippen molar-refractivity contribution in [3.63, 3.8) is 0 Å². The largest absolute Gasteiger partial charge is 0.367 e. The minimum absolute atomic E-state index is 0.000470. The number of nitrogens with two attached hydrogens (primary N) is 2. The van der Waals surface area contributed by atoms with Crippen molar-refractivity contribution < 1.29 is 4.39 Å². The summed E-state index contributed by atoms with van der Waals surface area (Å²) in [6.45, 7) is 3.29. The molecular weight excluding hydrogens is 289 g/mol. The molecule has 7 nitrogen and oxygen atoms in total. The molecule has 0 bridgehead atoms. The highest BCUT2D eigenvalue weighted by Crippen LogP contribution is 2.26. The molecule has 1 aromatic heterocycles. The molecule has 0 unspecified atom stereocenters. The topological polar surface area (TPSA) is 99.3 Å². The van der Waals surface area contributed by atoms with E-state index in [-0.39, 0.29) is 11.4 Å². The maximum Gasteiger partial charge on any atom is 0.350 e. The summed E-state index contributed by atoms with van der Waals surface area (Å²) in [4.78, 5) is 26.0. The van der Waals surface area contributed by atoms with Crippen molar-refractivity contribution in [1.82, 2.24) is 9.24 Å². The summed E-state index contributed by atoms with van der Waals surface area (Å²) >= 11 is 0. The molecule has 4 N–H and O–H groups in total. The highest BCUT2D eigenvalue weighted by molar-refractivity contribution is 5.82. The molecule has 3 rings (SSSR count). The monoisotopic (exact) mass is 307 g/mol. The second-order valence-corrected chi connectivity index (χ2v) is 5.52. The Hall–Kier alpha value is -2.35. The molecule has 0 spiro atoms. The van der Waals surface area contributed by atoms with E-state index in [4.69, 9.17) is 11.6 Å². The molecule has 8 heteroatoms. The molecule has 2 heterocycles.